The first kappa shape index (κ1) is 26.4. The van der Waals surface area contributed by atoms with Crippen molar-refractivity contribution in [2.75, 3.05) is 21.2 Å². The molecule has 1 N–H and O–H groups in total. The summed E-state index contributed by atoms with van der Waals surface area (Å²) in [6, 6.07) is 12.6. The van der Waals surface area contributed by atoms with Gasteiger partial charge >= 0.3 is 0 Å². The van der Waals surface area contributed by atoms with E-state index < -0.39 is 10.0 Å². The minimum Gasteiger partial charge on any atom is -0.496 e. The van der Waals surface area contributed by atoms with E-state index in [1.54, 1.807) is 6.07 Å². The lowest BCUT2D eigenvalue weighted by atomic mass is 9.87. The lowest BCUT2D eigenvalue weighted by Gasteiger charge is -2.18. The Kier molecular flexibility index (Phi) is 7.97. The highest BCUT2D eigenvalue weighted by Gasteiger charge is 2.20. The van der Waals surface area contributed by atoms with Crippen LogP contribution in [0.5, 0.6) is 5.75 Å². The van der Waals surface area contributed by atoms with Gasteiger partial charge in [-0.2, -0.15) is 4.98 Å². The average Bonchev–Trinajstić information content (AvgIpc) is 3.29. The Labute approximate surface area is 206 Å². The third-order valence-corrected chi connectivity index (χ3v) is 7.38. The molecule has 1 aromatic heterocycles. The van der Waals surface area contributed by atoms with Gasteiger partial charge in [0.15, 0.2) is 0 Å². The van der Waals surface area contributed by atoms with Crippen LogP contribution in [0, 0.1) is 0 Å². The number of amides is 1. The van der Waals surface area contributed by atoms with E-state index >= 15 is 0 Å². The van der Waals surface area contributed by atoms with E-state index in [4.69, 9.17) is 9.26 Å². The fourth-order valence-corrected chi connectivity index (χ4v) is 4.35. The molecule has 0 aliphatic carbocycles. The molecule has 2 aromatic carbocycles. The minimum atomic E-state index is -3.59. The van der Waals surface area contributed by atoms with Crippen molar-refractivity contribution in [2.24, 2.45) is 0 Å². The number of rotatable bonds is 9. The van der Waals surface area contributed by atoms with Gasteiger partial charge in [-0.05, 0) is 41.2 Å². The molecule has 0 radical (unpaired) electrons. The third kappa shape index (κ3) is 6.46. The van der Waals surface area contributed by atoms with Crippen molar-refractivity contribution in [3.63, 3.8) is 0 Å². The van der Waals surface area contributed by atoms with Crippen LogP contribution >= 0.6 is 0 Å². The number of benzene rings is 2. The second kappa shape index (κ2) is 10.6. The van der Waals surface area contributed by atoms with Gasteiger partial charge in [0.2, 0.25) is 27.6 Å². The van der Waals surface area contributed by atoms with Crippen molar-refractivity contribution in [3.05, 3.63) is 59.5 Å². The number of nitrogens with one attached hydrogen (secondary N) is 1. The first-order valence-electron chi connectivity index (χ1n) is 11.2. The Hall–Kier alpha value is -3.24. The Bertz CT molecular complexity index is 1280. The molecule has 0 unspecified atom stereocenters. The number of aromatic nitrogens is 2. The molecule has 1 heterocycles. The molecule has 1 amide bonds. The van der Waals surface area contributed by atoms with Crippen LogP contribution < -0.4 is 10.1 Å². The maximum absolute atomic E-state index is 12.4. The number of carbonyl (C=O) groups excluding carboxylic acids is 1. The van der Waals surface area contributed by atoms with Gasteiger partial charge in [0, 0.05) is 26.1 Å². The van der Waals surface area contributed by atoms with E-state index in [9.17, 15) is 13.2 Å². The Morgan fingerprint density at radius 2 is 1.80 bits per heavy atom. The largest absolute Gasteiger partial charge is 0.496 e. The number of hydrogen-bond donors (Lipinski definition) is 1. The van der Waals surface area contributed by atoms with Crippen molar-refractivity contribution in [1.29, 1.82) is 0 Å². The van der Waals surface area contributed by atoms with Gasteiger partial charge in [0.1, 0.15) is 5.75 Å². The van der Waals surface area contributed by atoms with Crippen LogP contribution in [0.2, 0.25) is 0 Å². The lowest BCUT2D eigenvalue weighted by molar-refractivity contribution is -0.121. The zero-order valence-electron chi connectivity index (χ0n) is 21.0. The quantitative estimate of drug-likeness (QED) is 0.478. The summed E-state index contributed by atoms with van der Waals surface area (Å²) < 4.78 is 36.6. The number of ether oxygens (including phenoxy) is 1. The summed E-state index contributed by atoms with van der Waals surface area (Å²) in [5, 5.41) is 6.77. The molecule has 0 bridgehead atoms. The number of sulfonamides is 1. The third-order valence-electron chi connectivity index (χ3n) is 5.57. The van der Waals surface area contributed by atoms with Gasteiger partial charge in [0.05, 0.1) is 18.6 Å². The summed E-state index contributed by atoms with van der Waals surface area (Å²) in [5.41, 5.74) is 2.72. The molecule has 9 nitrogen and oxygen atoms in total. The van der Waals surface area contributed by atoms with Gasteiger partial charge in [0.25, 0.3) is 0 Å². The molecule has 35 heavy (non-hydrogen) atoms. The first-order chi connectivity index (χ1) is 16.4. The highest BCUT2D eigenvalue weighted by molar-refractivity contribution is 7.89. The van der Waals surface area contributed by atoms with Gasteiger partial charge < -0.3 is 14.6 Å². The Balaban J connectivity index is 1.59. The summed E-state index contributed by atoms with van der Waals surface area (Å²) in [6.45, 7) is 6.54. The maximum atomic E-state index is 12.4. The highest BCUT2D eigenvalue weighted by atomic mass is 32.2. The second-order valence-electron chi connectivity index (χ2n) is 9.38. The molecule has 10 heteroatoms. The fourth-order valence-electron chi connectivity index (χ4n) is 3.40. The standard InChI is InChI=1S/C25H32N4O5S/c1-25(2,3)19-10-7-17(8-11-19)24-27-23(34-28-24)16-26-22(30)14-9-18-15-20(12-13-21(18)33-6)35(31,32)29(4)5/h7-8,10-13,15H,9,14,16H2,1-6H3,(H,26,30). The highest BCUT2D eigenvalue weighted by Crippen LogP contribution is 2.26. The molecule has 3 rings (SSSR count). The molecule has 0 saturated carbocycles. The molecule has 0 atom stereocenters. The smallest absolute Gasteiger partial charge is 0.246 e. The van der Waals surface area contributed by atoms with Crippen LogP contribution in [-0.4, -0.2) is 50.0 Å². The summed E-state index contributed by atoms with van der Waals surface area (Å²) in [6.07, 6.45) is 0.443. The van der Waals surface area contributed by atoms with Crippen LogP contribution in [-0.2, 0) is 33.2 Å². The van der Waals surface area contributed by atoms with Crippen LogP contribution in [0.1, 0.15) is 44.2 Å². The van der Waals surface area contributed by atoms with E-state index in [1.165, 1.54) is 38.9 Å². The normalized spacial score (nSPS) is 12.1. The second-order valence-corrected chi connectivity index (χ2v) is 11.5. The van der Waals surface area contributed by atoms with E-state index in [0.29, 0.717) is 29.4 Å². The van der Waals surface area contributed by atoms with E-state index in [1.807, 2.05) is 24.3 Å². The number of nitrogens with zero attached hydrogens (tertiary/aromatic N) is 3. The molecule has 188 valence electrons. The van der Waals surface area contributed by atoms with Crippen molar-refractivity contribution in [2.45, 2.75) is 50.5 Å². The summed E-state index contributed by atoms with van der Waals surface area (Å²) in [5.74, 6) is 1.04. The predicted molar refractivity (Wildman–Crippen MR) is 132 cm³/mol. The topological polar surface area (TPSA) is 115 Å². The Morgan fingerprint density at radius 3 is 2.40 bits per heavy atom. The minimum absolute atomic E-state index is 0.0527. The molecule has 0 spiro atoms. The predicted octanol–water partition coefficient (Wildman–Crippen LogP) is 3.54. The van der Waals surface area contributed by atoms with Crippen molar-refractivity contribution >= 4 is 15.9 Å². The average molecular weight is 501 g/mol. The van der Waals surface area contributed by atoms with Crippen LogP contribution in [0.15, 0.2) is 51.9 Å². The number of aryl methyl sites for hydroxylation is 1. The van der Waals surface area contributed by atoms with Crippen molar-refractivity contribution < 1.29 is 22.5 Å². The fraction of sp³-hybridized carbons (Fsp3) is 0.400. The van der Waals surface area contributed by atoms with E-state index in [2.05, 4.69) is 36.2 Å². The van der Waals surface area contributed by atoms with Crippen molar-refractivity contribution in [1.82, 2.24) is 19.8 Å². The van der Waals surface area contributed by atoms with Crippen LogP contribution in [0.25, 0.3) is 11.4 Å². The van der Waals surface area contributed by atoms with Gasteiger partial charge in [-0.1, -0.05) is 50.2 Å². The molecule has 0 aliphatic heterocycles. The SMILES string of the molecule is COc1ccc(S(=O)(=O)N(C)C)cc1CCC(=O)NCc1nc(-c2ccc(C(C)(C)C)cc2)no1. The molecular formula is C25H32N4O5S. The maximum Gasteiger partial charge on any atom is 0.246 e. The molecule has 0 fully saturated rings. The molecule has 3 aromatic rings. The van der Waals surface area contributed by atoms with E-state index in [-0.39, 0.29) is 29.2 Å². The monoisotopic (exact) mass is 500 g/mol. The molecule has 0 aliphatic rings. The molecule has 0 saturated heterocycles. The lowest BCUT2D eigenvalue weighted by Crippen LogP contribution is -2.24. The summed E-state index contributed by atoms with van der Waals surface area (Å²) >= 11 is 0. The summed E-state index contributed by atoms with van der Waals surface area (Å²) in [7, 11) is 0.850. The van der Waals surface area contributed by atoms with Gasteiger partial charge in [-0.25, -0.2) is 12.7 Å². The number of hydrogen-bond acceptors (Lipinski definition) is 7. The van der Waals surface area contributed by atoms with Crippen LogP contribution in [0.3, 0.4) is 0 Å². The Morgan fingerprint density at radius 1 is 1.11 bits per heavy atom. The van der Waals surface area contributed by atoms with E-state index in [0.717, 1.165) is 9.87 Å². The number of carbonyl (C=O) groups is 1. The zero-order chi connectivity index (χ0) is 25.8. The van der Waals surface area contributed by atoms with Gasteiger partial charge in [-0.15, -0.1) is 0 Å². The zero-order valence-corrected chi connectivity index (χ0v) is 21.8. The number of methoxy groups -OCH3 is 1. The summed E-state index contributed by atoms with van der Waals surface area (Å²) in [4.78, 5) is 16.9. The molecular weight excluding hydrogens is 468 g/mol. The van der Waals surface area contributed by atoms with Gasteiger partial charge in [-0.3, -0.25) is 4.79 Å². The van der Waals surface area contributed by atoms with Crippen LogP contribution in [0.4, 0.5) is 0 Å². The van der Waals surface area contributed by atoms with Crippen molar-refractivity contribution in [3.8, 4) is 17.1 Å². The first-order valence-corrected chi connectivity index (χ1v) is 12.7.